The molecule has 0 aliphatic rings. The van der Waals surface area contributed by atoms with E-state index in [2.05, 4.69) is 9.71 Å². The quantitative estimate of drug-likeness (QED) is 0.607. The fourth-order valence-corrected chi connectivity index (χ4v) is 3.94. The van der Waals surface area contributed by atoms with Crippen molar-refractivity contribution in [3.05, 3.63) is 24.4 Å². The van der Waals surface area contributed by atoms with E-state index in [1.165, 1.54) is 6.20 Å². The minimum Gasteiger partial charge on any atom is -0.399 e. The van der Waals surface area contributed by atoms with Gasteiger partial charge in [-0.25, -0.2) is 13.1 Å². The molecule has 0 saturated heterocycles. The molecule has 2 rings (SSSR count). The van der Waals surface area contributed by atoms with Crippen molar-refractivity contribution in [3.63, 3.8) is 0 Å². The molecule has 0 bridgehead atoms. The van der Waals surface area contributed by atoms with E-state index in [9.17, 15) is 8.42 Å². The van der Waals surface area contributed by atoms with Crippen molar-refractivity contribution in [2.24, 2.45) is 0 Å². The van der Waals surface area contributed by atoms with Gasteiger partial charge in [-0.3, -0.25) is 0 Å². The molecule has 1 aromatic carbocycles. The number of aliphatic hydroxyl groups is 1. The molecule has 1 aromatic heterocycles. The van der Waals surface area contributed by atoms with Crippen LogP contribution in [0.1, 0.15) is 26.7 Å². The Kier molecular flexibility index (Phi) is 4.27. The number of aromatic nitrogens is 1. The number of aromatic amines is 1. The number of fused-ring (bicyclic) bond motifs is 1. The summed E-state index contributed by atoms with van der Waals surface area (Å²) < 4.78 is 27.9. The van der Waals surface area contributed by atoms with Crippen molar-refractivity contribution in [2.45, 2.75) is 37.1 Å². The number of H-pyrrole nitrogens is 1. The topological polar surface area (TPSA) is 108 Å². The highest BCUT2D eigenvalue weighted by atomic mass is 32.2. The van der Waals surface area contributed by atoms with Crippen LogP contribution in [0.3, 0.4) is 0 Å². The maximum atomic E-state index is 12.6. The number of nitrogen functional groups attached to an aromatic ring is 1. The number of hydrogen-bond donors (Lipinski definition) is 4. The van der Waals surface area contributed by atoms with E-state index in [0.29, 0.717) is 29.4 Å². The molecule has 116 valence electrons. The SMILES string of the molecule is CCC(C)(CCO)NS(=O)(=O)c1c[nH]c2ccc(N)cc12. The first kappa shape index (κ1) is 15.8. The molecule has 1 unspecified atom stereocenters. The molecule has 0 fully saturated rings. The fourth-order valence-electron chi connectivity index (χ4n) is 2.26. The van der Waals surface area contributed by atoms with Crippen molar-refractivity contribution in [1.82, 2.24) is 9.71 Å². The lowest BCUT2D eigenvalue weighted by Crippen LogP contribution is -2.45. The molecule has 0 radical (unpaired) electrons. The second kappa shape index (κ2) is 5.67. The molecule has 1 atom stereocenters. The van der Waals surface area contributed by atoms with Gasteiger partial charge in [0.15, 0.2) is 0 Å². The van der Waals surface area contributed by atoms with E-state index in [1.807, 2.05) is 6.92 Å². The Labute approximate surface area is 124 Å². The third kappa shape index (κ3) is 3.20. The summed E-state index contributed by atoms with van der Waals surface area (Å²) >= 11 is 0. The Bertz CT molecular complexity index is 739. The molecule has 2 aromatic rings. The summed E-state index contributed by atoms with van der Waals surface area (Å²) in [7, 11) is -3.70. The molecule has 0 aliphatic heterocycles. The number of rotatable bonds is 6. The summed E-state index contributed by atoms with van der Waals surface area (Å²) in [5.74, 6) is 0. The maximum absolute atomic E-state index is 12.6. The van der Waals surface area contributed by atoms with Gasteiger partial charge in [0.25, 0.3) is 0 Å². The molecule has 21 heavy (non-hydrogen) atoms. The summed E-state index contributed by atoms with van der Waals surface area (Å²) in [5.41, 5.74) is 6.27. The zero-order valence-electron chi connectivity index (χ0n) is 12.2. The van der Waals surface area contributed by atoms with E-state index in [0.717, 1.165) is 0 Å². The molecule has 0 amide bonds. The van der Waals surface area contributed by atoms with Gasteiger partial charge in [-0.15, -0.1) is 0 Å². The zero-order chi connectivity index (χ0) is 15.7. The lowest BCUT2D eigenvalue weighted by molar-refractivity contribution is 0.233. The van der Waals surface area contributed by atoms with E-state index in [1.54, 1.807) is 25.1 Å². The van der Waals surface area contributed by atoms with Crippen molar-refractivity contribution in [2.75, 3.05) is 12.3 Å². The normalized spacial score (nSPS) is 15.2. The Morgan fingerprint density at radius 3 is 2.76 bits per heavy atom. The number of anilines is 1. The molecule has 0 saturated carbocycles. The van der Waals surface area contributed by atoms with Crippen LogP contribution in [-0.4, -0.2) is 30.7 Å². The van der Waals surface area contributed by atoms with Gasteiger partial charge >= 0.3 is 0 Å². The third-order valence-electron chi connectivity index (χ3n) is 3.78. The molecule has 1 heterocycles. The summed E-state index contributed by atoms with van der Waals surface area (Å²) in [6, 6.07) is 5.09. The van der Waals surface area contributed by atoms with Gasteiger partial charge in [0.05, 0.1) is 0 Å². The van der Waals surface area contributed by atoms with Crippen LogP contribution >= 0.6 is 0 Å². The van der Waals surface area contributed by atoms with E-state index < -0.39 is 15.6 Å². The van der Waals surface area contributed by atoms with Gasteiger partial charge in [0.1, 0.15) is 4.90 Å². The Morgan fingerprint density at radius 1 is 1.43 bits per heavy atom. The van der Waals surface area contributed by atoms with E-state index in [4.69, 9.17) is 10.8 Å². The smallest absolute Gasteiger partial charge is 0.243 e. The summed E-state index contributed by atoms with van der Waals surface area (Å²) in [5, 5.41) is 9.67. The van der Waals surface area contributed by atoms with Crippen LogP contribution < -0.4 is 10.5 Å². The van der Waals surface area contributed by atoms with Gasteiger partial charge < -0.3 is 15.8 Å². The second-order valence-corrected chi connectivity index (χ2v) is 7.10. The number of nitrogens with one attached hydrogen (secondary N) is 2. The second-order valence-electron chi connectivity index (χ2n) is 5.45. The van der Waals surface area contributed by atoms with Gasteiger partial charge in [-0.1, -0.05) is 6.92 Å². The standard InChI is InChI=1S/C14H21N3O3S/c1-3-14(2,6-7-18)17-21(19,20)13-9-16-12-5-4-10(15)8-11(12)13/h4-5,8-9,16-18H,3,6-7,15H2,1-2H3. The van der Waals surface area contributed by atoms with Gasteiger partial charge in [0.2, 0.25) is 10.0 Å². The third-order valence-corrected chi connectivity index (χ3v) is 5.46. The van der Waals surface area contributed by atoms with Crippen LogP contribution in [0.5, 0.6) is 0 Å². The Hall–Kier alpha value is -1.57. The highest BCUT2D eigenvalue weighted by Crippen LogP contribution is 2.26. The lowest BCUT2D eigenvalue weighted by Gasteiger charge is -2.28. The molecular weight excluding hydrogens is 290 g/mol. The number of benzene rings is 1. The molecule has 0 spiro atoms. The maximum Gasteiger partial charge on any atom is 0.243 e. The van der Waals surface area contributed by atoms with Crippen LogP contribution in [-0.2, 0) is 10.0 Å². The molecule has 0 aliphatic carbocycles. The van der Waals surface area contributed by atoms with Gasteiger partial charge in [-0.2, -0.15) is 0 Å². The van der Waals surface area contributed by atoms with Crippen LogP contribution in [0, 0.1) is 0 Å². The predicted octanol–water partition coefficient (Wildman–Crippen LogP) is 1.58. The monoisotopic (exact) mass is 311 g/mol. The number of aliphatic hydroxyl groups excluding tert-OH is 1. The summed E-state index contributed by atoms with van der Waals surface area (Å²) in [4.78, 5) is 3.10. The lowest BCUT2D eigenvalue weighted by atomic mass is 9.97. The summed E-state index contributed by atoms with van der Waals surface area (Å²) in [6.07, 6.45) is 2.39. The summed E-state index contributed by atoms with van der Waals surface area (Å²) in [6.45, 7) is 3.59. The van der Waals surface area contributed by atoms with Crippen molar-refractivity contribution in [3.8, 4) is 0 Å². The van der Waals surface area contributed by atoms with Crippen molar-refractivity contribution in [1.29, 1.82) is 0 Å². The minimum absolute atomic E-state index is 0.0757. The van der Waals surface area contributed by atoms with Crippen molar-refractivity contribution >= 4 is 26.6 Å². The number of hydrogen-bond acceptors (Lipinski definition) is 4. The first-order valence-electron chi connectivity index (χ1n) is 6.83. The van der Waals surface area contributed by atoms with Crippen LogP contribution in [0.25, 0.3) is 10.9 Å². The van der Waals surface area contributed by atoms with E-state index in [-0.39, 0.29) is 11.5 Å². The Morgan fingerprint density at radius 2 is 2.14 bits per heavy atom. The number of nitrogens with two attached hydrogens (primary N) is 1. The average Bonchev–Trinajstić information content (AvgIpc) is 2.82. The van der Waals surface area contributed by atoms with Crippen LogP contribution in [0.15, 0.2) is 29.3 Å². The van der Waals surface area contributed by atoms with Gasteiger partial charge in [0, 0.05) is 34.9 Å². The average molecular weight is 311 g/mol. The molecule has 5 N–H and O–H groups in total. The fraction of sp³-hybridized carbons (Fsp3) is 0.429. The zero-order valence-corrected chi connectivity index (χ0v) is 13.0. The Balaban J connectivity index is 2.44. The highest BCUT2D eigenvalue weighted by Gasteiger charge is 2.30. The predicted molar refractivity (Wildman–Crippen MR) is 83.4 cm³/mol. The van der Waals surface area contributed by atoms with Gasteiger partial charge in [-0.05, 0) is 38.0 Å². The largest absolute Gasteiger partial charge is 0.399 e. The van der Waals surface area contributed by atoms with Crippen LogP contribution in [0.4, 0.5) is 5.69 Å². The first-order chi connectivity index (χ1) is 9.81. The van der Waals surface area contributed by atoms with Crippen LogP contribution in [0.2, 0.25) is 0 Å². The van der Waals surface area contributed by atoms with E-state index >= 15 is 0 Å². The highest BCUT2D eigenvalue weighted by molar-refractivity contribution is 7.89. The molecule has 6 nitrogen and oxygen atoms in total. The minimum atomic E-state index is -3.70. The molecule has 7 heteroatoms. The number of sulfonamides is 1. The van der Waals surface area contributed by atoms with Crippen molar-refractivity contribution < 1.29 is 13.5 Å². The molecular formula is C14H21N3O3S. The first-order valence-corrected chi connectivity index (χ1v) is 8.31.